The third kappa shape index (κ3) is 2.15. The molecule has 0 fully saturated rings. The van der Waals surface area contributed by atoms with Crippen LogP contribution in [-0.4, -0.2) is 28.3 Å². The Bertz CT molecular complexity index is 430. The van der Waals surface area contributed by atoms with Gasteiger partial charge in [0.15, 0.2) is 5.69 Å². The summed E-state index contributed by atoms with van der Waals surface area (Å²) in [6.07, 6.45) is -4.99. The number of aromatic hydroxyl groups is 2. The number of hydrogen-bond donors (Lipinski definition) is 2. The van der Waals surface area contributed by atoms with Gasteiger partial charge in [-0.15, -0.1) is 0 Å². The predicted molar refractivity (Wildman–Crippen MR) is 43.9 cm³/mol. The van der Waals surface area contributed by atoms with Crippen molar-refractivity contribution in [1.82, 2.24) is 4.98 Å². The maximum Gasteiger partial charge on any atom is 0.434 e. The summed E-state index contributed by atoms with van der Waals surface area (Å²) >= 11 is 0. The minimum Gasteiger partial charge on any atom is -0.507 e. The highest BCUT2D eigenvalue weighted by Crippen LogP contribution is 2.36. The van der Waals surface area contributed by atoms with Crippen LogP contribution in [0.1, 0.15) is 16.1 Å². The monoisotopic (exact) mass is 237 g/mol. The Morgan fingerprint density at radius 3 is 2.44 bits per heavy atom. The molecule has 0 atom stereocenters. The fourth-order valence-electron chi connectivity index (χ4n) is 1.03. The Kier molecular flexibility index (Phi) is 2.92. The Hall–Kier alpha value is -1.99. The lowest BCUT2D eigenvalue weighted by Crippen LogP contribution is -2.16. The average molecular weight is 237 g/mol. The van der Waals surface area contributed by atoms with Crippen molar-refractivity contribution in [3.05, 3.63) is 17.3 Å². The van der Waals surface area contributed by atoms with E-state index in [2.05, 4.69) is 9.72 Å². The van der Waals surface area contributed by atoms with Crippen molar-refractivity contribution in [1.29, 1.82) is 0 Å². The summed E-state index contributed by atoms with van der Waals surface area (Å²) in [5.41, 5.74) is -2.83. The summed E-state index contributed by atoms with van der Waals surface area (Å²) in [5, 5.41) is 17.9. The molecule has 0 aromatic carbocycles. The molecule has 0 unspecified atom stereocenters. The summed E-state index contributed by atoms with van der Waals surface area (Å²) in [6, 6.07) is 0.515. The number of methoxy groups -OCH3 is 1. The fourth-order valence-corrected chi connectivity index (χ4v) is 1.03. The molecule has 16 heavy (non-hydrogen) atoms. The molecule has 8 heteroatoms. The lowest BCUT2D eigenvalue weighted by Gasteiger charge is -2.11. The molecule has 0 aliphatic rings. The molecule has 1 aromatic rings. The van der Waals surface area contributed by atoms with Gasteiger partial charge < -0.3 is 14.9 Å². The number of esters is 1. The van der Waals surface area contributed by atoms with E-state index in [1.165, 1.54) is 0 Å². The van der Waals surface area contributed by atoms with Gasteiger partial charge in [0.25, 0.3) is 0 Å². The van der Waals surface area contributed by atoms with Crippen LogP contribution in [0.3, 0.4) is 0 Å². The minimum absolute atomic E-state index is 0.515. The van der Waals surface area contributed by atoms with Crippen LogP contribution >= 0.6 is 0 Å². The van der Waals surface area contributed by atoms with Crippen LogP contribution in [-0.2, 0) is 10.9 Å². The van der Waals surface area contributed by atoms with Crippen LogP contribution in [0.15, 0.2) is 6.07 Å². The SMILES string of the molecule is COC(=O)c1c(O)cc(O)nc1C(F)(F)F. The standard InChI is InChI=1S/C8H6F3NO4/c1-16-7(15)5-3(13)2-4(14)12-6(5)8(9,10)11/h2H,1H3,(H2,12,13,14). The molecule has 0 bridgehead atoms. The van der Waals surface area contributed by atoms with E-state index in [1.807, 2.05) is 0 Å². The van der Waals surface area contributed by atoms with E-state index >= 15 is 0 Å². The van der Waals surface area contributed by atoms with Gasteiger partial charge in [0.05, 0.1) is 7.11 Å². The number of pyridine rings is 1. The zero-order chi connectivity index (χ0) is 12.5. The number of carbonyl (C=O) groups is 1. The number of rotatable bonds is 1. The Morgan fingerprint density at radius 2 is 2.00 bits per heavy atom. The molecule has 0 spiro atoms. The van der Waals surface area contributed by atoms with Crippen molar-refractivity contribution in [3.8, 4) is 11.6 Å². The lowest BCUT2D eigenvalue weighted by atomic mass is 10.1. The van der Waals surface area contributed by atoms with Crippen LogP contribution in [0.25, 0.3) is 0 Å². The molecule has 1 heterocycles. The first-order valence-electron chi connectivity index (χ1n) is 3.86. The molecule has 1 rings (SSSR count). The zero-order valence-electron chi connectivity index (χ0n) is 7.87. The Labute approximate surface area is 87.1 Å². The quantitative estimate of drug-likeness (QED) is 0.719. The highest BCUT2D eigenvalue weighted by atomic mass is 19.4. The first-order chi connectivity index (χ1) is 7.27. The van der Waals surface area contributed by atoms with Crippen LogP contribution in [0.2, 0.25) is 0 Å². The number of nitrogens with zero attached hydrogens (tertiary/aromatic N) is 1. The van der Waals surface area contributed by atoms with Gasteiger partial charge in [0.2, 0.25) is 5.88 Å². The van der Waals surface area contributed by atoms with Gasteiger partial charge in [-0.05, 0) is 0 Å². The molecule has 1 aromatic heterocycles. The predicted octanol–water partition coefficient (Wildman–Crippen LogP) is 1.30. The second kappa shape index (κ2) is 3.87. The average Bonchev–Trinajstić information content (AvgIpc) is 2.14. The van der Waals surface area contributed by atoms with Crippen LogP contribution in [0.5, 0.6) is 11.6 Å². The molecular weight excluding hydrogens is 231 g/mol. The molecule has 2 N–H and O–H groups in total. The second-order valence-corrected chi connectivity index (χ2v) is 2.71. The van der Waals surface area contributed by atoms with Crippen molar-refractivity contribution in [2.75, 3.05) is 7.11 Å². The fraction of sp³-hybridized carbons (Fsp3) is 0.250. The van der Waals surface area contributed by atoms with Crippen molar-refractivity contribution in [2.24, 2.45) is 0 Å². The maximum absolute atomic E-state index is 12.4. The van der Waals surface area contributed by atoms with Crippen molar-refractivity contribution < 1.29 is 32.9 Å². The van der Waals surface area contributed by atoms with E-state index in [0.717, 1.165) is 7.11 Å². The number of hydrogen-bond acceptors (Lipinski definition) is 5. The third-order valence-electron chi connectivity index (χ3n) is 1.64. The molecule has 0 saturated heterocycles. The van der Waals surface area contributed by atoms with Crippen LogP contribution < -0.4 is 0 Å². The third-order valence-corrected chi connectivity index (χ3v) is 1.64. The molecule has 0 amide bonds. The van der Waals surface area contributed by atoms with Gasteiger partial charge >= 0.3 is 12.1 Å². The number of carbonyl (C=O) groups excluding carboxylic acids is 1. The number of halogens is 3. The van der Waals surface area contributed by atoms with Gasteiger partial charge in [0, 0.05) is 6.07 Å². The smallest absolute Gasteiger partial charge is 0.434 e. The second-order valence-electron chi connectivity index (χ2n) is 2.71. The van der Waals surface area contributed by atoms with Gasteiger partial charge in [-0.1, -0.05) is 0 Å². The van der Waals surface area contributed by atoms with Gasteiger partial charge in [-0.25, -0.2) is 9.78 Å². The van der Waals surface area contributed by atoms with E-state index in [4.69, 9.17) is 10.2 Å². The van der Waals surface area contributed by atoms with E-state index in [9.17, 15) is 18.0 Å². The summed E-state index contributed by atoms with van der Waals surface area (Å²) in [6.45, 7) is 0. The highest BCUT2D eigenvalue weighted by molar-refractivity contribution is 5.93. The summed E-state index contributed by atoms with van der Waals surface area (Å²) in [4.78, 5) is 13.8. The largest absolute Gasteiger partial charge is 0.507 e. The molecular formula is C8H6F3NO4. The molecule has 0 aliphatic carbocycles. The molecule has 0 aliphatic heterocycles. The summed E-state index contributed by atoms with van der Waals surface area (Å²) in [5.74, 6) is -3.48. The number of alkyl halides is 3. The van der Waals surface area contributed by atoms with E-state index in [0.29, 0.717) is 6.07 Å². The number of ether oxygens (including phenoxy) is 1. The topological polar surface area (TPSA) is 79.7 Å². The van der Waals surface area contributed by atoms with Gasteiger partial charge in [0.1, 0.15) is 11.3 Å². The normalized spacial score (nSPS) is 11.2. The molecule has 88 valence electrons. The lowest BCUT2D eigenvalue weighted by molar-refractivity contribution is -0.142. The first kappa shape index (κ1) is 12.1. The highest BCUT2D eigenvalue weighted by Gasteiger charge is 2.40. The Balaban J connectivity index is 3.51. The van der Waals surface area contributed by atoms with Crippen molar-refractivity contribution >= 4 is 5.97 Å². The molecule has 0 saturated carbocycles. The van der Waals surface area contributed by atoms with Gasteiger partial charge in [-0.2, -0.15) is 13.2 Å². The first-order valence-corrected chi connectivity index (χ1v) is 3.86. The number of aromatic nitrogens is 1. The van der Waals surface area contributed by atoms with Crippen molar-refractivity contribution in [3.63, 3.8) is 0 Å². The molecule has 5 nitrogen and oxygen atoms in total. The van der Waals surface area contributed by atoms with E-state index in [-0.39, 0.29) is 0 Å². The summed E-state index contributed by atoms with van der Waals surface area (Å²) in [7, 11) is 0.856. The zero-order valence-corrected chi connectivity index (χ0v) is 7.87. The van der Waals surface area contributed by atoms with Crippen LogP contribution in [0.4, 0.5) is 13.2 Å². The van der Waals surface area contributed by atoms with Crippen molar-refractivity contribution in [2.45, 2.75) is 6.18 Å². The summed E-state index contributed by atoms with van der Waals surface area (Å²) < 4.78 is 41.3. The Morgan fingerprint density at radius 1 is 1.44 bits per heavy atom. The minimum atomic E-state index is -4.99. The molecule has 0 radical (unpaired) electrons. The van der Waals surface area contributed by atoms with E-state index in [1.54, 1.807) is 0 Å². The van der Waals surface area contributed by atoms with Crippen LogP contribution in [0, 0.1) is 0 Å². The maximum atomic E-state index is 12.4. The van der Waals surface area contributed by atoms with Gasteiger partial charge in [-0.3, -0.25) is 0 Å². The van der Waals surface area contributed by atoms with E-state index < -0.39 is 35.0 Å².